The number of hydrogen-bond acceptors (Lipinski definition) is 4. The zero-order chi connectivity index (χ0) is 20.7. The number of amides is 1. The summed E-state index contributed by atoms with van der Waals surface area (Å²) >= 11 is 5.86. The molecule has 1 fully saturated rings. The minimum absolute atomic E-state index is 0.0241. The standard InChI is InChI=1S/C21H25ClN2O4S/c22-19-6-1-18(2-7-19)11-12-23-21(25)10-5-17-3-8-20(9-4-17)29(26,27)24-13-15-28-16-14-24/h1-4,6-9H,5,10-16H2,(H,23,25). The maximum Gasteiger partial charge on any atom is 0.243 e. The molecule has 1 aliphatic heterocycles. The number of halogens is 1. The van der Waals surface area contributed by atoms with E-state index in [0.717, 1.165) is 17.5 Å². The number of ether oxygens (including phenoxy) is 1. The van der Waals surface area contributed by atoms with E-state index >= 15 is 0 Å². The van der Waals surface area contributed by atoms with Crippen molar-refractivity contribution in [1.29, 1.82) is 0 Å². The van der Waals surface area contributed by atoms with E-state index in [4.69, 9.17) is 16.3 Å². The van der Waals surface area contributed by atoms with Crippen LogP contribution in [0.15, 0.2) is 53.4 Å². The zero-order valence-corrected chi connectivity index (χ0v) is 17.7. The second-order valence-corrected chi connectivity index (χ2v) is 9.26. The first kappa shape index (κ1) is 21.8. The molecule has 1 aliphatic rings. The van der Waals surface area contributed by atoms with Crippen molar-refractivity contribution in [2.24, 2.45) is 0 Å². The van der Waals surface area contributed by atoms with Gasteiger partial charge in [-0.05, 0) is 48.2 Å². The molecule has 0 saturated carbocycles. The van der Waals surface area contributed by atoms with Gasteiger partial charge in [-0.3, -0.25) is 4.79 Å². The maximum absolute atomic E-state index is 12.6. The molecule has 1 saturated heterocycles. The number of rotatable bonds is 8. The Morgan fingerprint density at radius 3 is 2.21 bits per heavy atom. The lowest BCUT2D eigenvalue weighted by Gasteiger charge is -2.26. The molecule has 0 spiro atoms. The molecule has 6 nitrogen and oxygen atoms in total. The van der Waals surface area contributed by atoms with Gasteiger partial charge >= 0.3 is 0 Å². The number of nitrogens with one attached hydrogen (secondary N) is 1. The zero-order valence-electron chi connectivity index (χ0n) is 16.1. The normalized spacial score (nSPS) is 15.2. The third-order valence-electron chi connectivity index (χ3n) is 4.82. The van der Waals surface area contributed by atoms with Gasteiger partial charge in [0.05, 0.1) is 18.1 Å². The summed E-state index contributed by atoms with van der Waals surface area (Å²) in [6.45, 7) is 2.16. The summed E-state index contributed by atoms with van der Waals surface area (Å²) in [5, 5.41) is 3.60. The summed E-state index contributed by atoms with van der Waals surface area (Å²) in [5.74, 6) is -0.0241. The van der Waals surface area contributed by atoms with Crippen molar-refractivity contribution in [3.05, 3.63) is 64.7 Å². The van der Waals surface area contributed by atoms with Crippen LogP contribution in [0.1, 0.15) is 17.5 Å². The first-order valence-corrected chi connectivity index (χ1v) is 11.4. The Balaban J connectivity index is 1.44. The molecule has 29 heavy (non-hydrogen) atoms. The summed E-state index contributed by atoms with van der Waals surface area (Å²) in [5.41, 5.74) is 2.05. The van der Waals surface area contributed by atoms with Crippen molar-refractivity contribution in [2.75, 3.05) is 32.8 Å². The Morgan fingerprint density at radius 2 is 1.55 bits per heavy atom. The Labute approximate surface area is 176 Å². The molecule has 3 rings (SSSR count). The van der Waals surface area contributed by atoms with E-state index < -0.39 is 10.0 Å². The molecule has 156 valence electrons. The second kappa shape index (κ2) is 10.2. The lowest BCUT2D eigenvalue weighted by atomic mass is 10.1. The SMILES string of the molecule is O=C(CCc1ccc(S(=O)(=O)N2CCOCC2)cc1)NCCc1ccc(Cl)cc1. The third kappa shape index (κ3) is 6.27. The fourth-order valence-corrected chi connectivity index (χ4v) is 4.64. The summed E-state index contributed by atoms with van der Waals surface area (Å²) < 4.78 is 31.9. The van der Waals surface area contributed by atoms with Crippen LogP contribution in [-0.4, -0.2) is 51.5 Å². The molecule has 0 atom stereocenters. The number of nitrogens with zero attached hydrogens (tertiary/aromatic N) is 1. The summed E-state index contributed by atoms with van der Waals surface area (Å²) in [7, 11) is -3.49. The van der Waals surface area contributed by atoms with Gasteiger partial charge in [-0.2, -0.15) is 4.31 Å². The molecule has 8 heteroatoms. The molecule has 0 unspecified atom stereocenters. The molecular formula is C21H25ClN2O4S. The van der Waals surface area contributed by atoms with Crippen LogP contribution in [0.4, 0.5) is 0 Å². The second-order valence-electron chi connectivity index (χ2n) is 6.89. The predicted molar refractivity (Wildman–Crippen MR) is 113 cm³/mol. The van der Waals surface area contributed by atoms with Gasteiger partial charge in [0.2, 0.25) is 15.9 Å². The van der Waals surface area contributed by atoms with Gasteiger partial charge in [0, 0.05) is 31.1 Å². The van der Waals surface area contributed by atoms with Gasteiger partial charge in [-0.25, -0.2) is 8.42 Å². The van der Waals surface area contributed by atoms with E-state index in [0.29, 0.717) is 50.7 Å². The van der Waals surface area contributed by atoms with E-state index in [1.807, 2.05) is 24.3 Å². The Bertz CT molecular complexity index is 909. The van der Waals surface area contributed by atoms with E-state index in [9.17, 15) is 13.2 Å². The van der Waals surface area contributed by atoms with Crippen LogP contribution < -0.4 is 5.32 Å². The Morgan fingerprint density at radius 1 is 0.966 bits per heavy atom. The third-order valence-corrected chi connectivity index (χ3v) is 6.99. The number of carbonyl (C=O) groups excluding carboxylic acids is 1. The highest BCUT2D eigenvalue weighted by molar-refractivity contribution is 7.89. The highest BCUT2D eigenvalue weighted by atomic mass is 35.5. The van der Waals surface area contributed by atoms with E-state index in [-0.39, 0.29) is 10.8 Å². The average molecular weight is 437 g/mol. The maximum atomic E-state index is 12.6. The van der Waals surface area contributed by atoms with Gasteiger partial charge in [-0.15, -0.1) is 0 Å². The number of aryl methyl sites for hydroxylation is 1. The minimum atomic E-state index is -3.49. The number of sulfonamides is 1. The highest BCUT2D eigenvalue weighted by Gasteiger charge is 2.26. The number of morpholine rings is 1. The van der Waals surface area contributed by atoms with E-state index in [1.165, 1.54) is 4.31 Å². The van der Waals surface area contributed by atoms with Crippen LogP contribution in [-0.2, 0) is 32.4 Å². The number of carbonyl (C=O) groups is 1. The van der Waals surface area contributed by atoms with Crippen LogP contribution in [0.2, 0.25) is 5.02 Å². The first-order chi connectivity index (χ1) is 13.9. The highest BCUT2D eigenvalue weighted by Crippen LogP contribution is 2.18. The van der Waals surface area contributed by atoms with Crippen LogP contribution in [0, 0.1) is 0 Å². The van der Waals surface area contributed by atoms with Gasteiger partial charge in [-0.1, -0.05) is 35.9 Å². The van der Waals surface area contributed by atoms with Crippen LogP contribution in [0.5, 0.6) is 0 Å². The van der Waals surface area contributed by atoms with Gasteiger partial charge in [0.1, 0.15) is 0 Å². The van der Waals surface area contributed by atoms with E-state index in [1.54, 1.807) is 24.3 Å². The molecule has 0 radical (unpaired) electrons. The molecular weight excluding hydrogens is 412 g/mol. The first-order valence-electron chi connectivity index (χ1n) is 9.63. The van der Waals surface area contributed by atoms with Gasteiger partial charge in [0.25, 0.3) is 0 Å². The lowest BCUT2D eigenvalue weighted by Crippen LogP contribution is -2.40. The smallest absolute Gasteiger partial charge is 0.243 e. The largest absolute Gasteiger partial charge is 0.379 e. The summed E-state index contributed by atoms with van der Waals surface area (Å²) in [6, 6.07) is 14.3. The van der Waals surface area contributed by atoms with Crippen molar-refractivity contribution in [1.82, 2.24) is 9.62 Å². The van der Waals surface area contributed by atoms with Crippen molar-refractivity contribution >= 4 is 27.5 Å². The molecule has 0 aromatic heterocycles. The van der Waals surface area contributed by atoms with Crippen molar-refractivity contribution < 1.29 is 17.9 Å². The van der Waals surface area contributed by atoms with Crippen molar-refractivity contribution in [2.45, 2.75) is 24.2 Å². The summed E-state index contributed by atoms with van der Waals surface area (Å²) in [4.78, 5) is 12.3. The van der Waals surface area contributed by atoms with Crippen LogP contribution in [0.25, 0.3) is 0 Å². The molecule has 0 bridgehead atoms. The van der Waals surface area contributed by atoms with Crippen LogP contribution in [0.3, 0.4) is 0 Å². The van der Waals surface area contributed by atoms with Crippen molar-refractivity contribution in [3.63, 3.8) is 0 Å². The Hall–Kier alpha value is -1.93. The Kier molecular flexibility index (Phi) is 7.66. The monoisotopic (exact) mass is 436 g/mol. The minimum Gasteiger partial charge on any atom is -0.379 e. The fraction of sp³-hybridized carbons (Fsp3) is 0.381. The summed E-state index contributed by atoms with van der Waals surface area (Å²) in [6.07, 6.45) is 1.66. The van der Waals surface area contributed by atoms with Crippen LogP contribution >= 0.6 is 11.6 Å². The number of benzene rings is 2. The average Bonchev–Trinajstić information content (AvgIpc) is 2.74. The molecule has 1 N–H and O–H groups in total. The predicted octanol–water partition coefficient (Wildman–Crippen LogP) is 2.65. The number of hydrogen-bond donors (Lipinski definition) is 1. The quantitative estimate of drug-likeness (QED) is 0.690. The molecule has 1 heterocycles. The lowest BCUT2D eigenvalue weighted by molar-refractivity contribution is -0.121. The van der Waals surface area contributed by atoms with E-state index in [2.05, 4.69) is 5.32 Å². The van der Waals surface area contributed by atoms with Gasteiger partial charge in [0.15, 0.2) is 0 Å². The topological polar surface area (TPSA) is 75.7 Å². The molecule has 2 aromatic rings. The van der Waals surface area contributed by atoms with Crippen molar-refractivity contribution in [3.8, 4) is 0 Å². The fourth-order valence-electron chi connectivity index (χ4n) is 3.11. The molecule has 1 amide bonds. The van der Waals surface area contributed by atoms with Gasteiger partial charge < -0.3 is 10.1 Å². The molecule has 2 aromatic carbocycles. The molecule has 0 aliphatic carbocycles.